The minimum Gasteiger partial charge on any atom is -0.444 e. The van der Waals surface area contributed by atoms with Gasteiger partial charge in [0, 0.05) is 32.7 Å². The lowest BCUT2D eigenvalue weighted by Crippen LogP contribution is -2.47. The normalized spacial score (nSPS) is 20.4. The Kier molecular flexibility index (Phi) is 5.67. The van der Waals surface area contributed by atoms with E-state index in [1.165, 1.54) is 25.1 Å². The fourth-order valence-electron chi connectivity index (χ4n) is 3.95. The molecule has 0 bridgehead atoms. The molecular formula is C21H32N2O2. The quantitative estimate of drug-likeness (QED) is 0.822. The number of likely N-dealkylation sites (tertiary alicyclic amines) is 2. The van der Waals surface area contributed by atoms with Crippen molar-refractivity contribution in [3.8, 4) is 0 Å². The van der Waals surface area contributed by atoms with Crippen LogP contribution >= 0.6 is 0 Å². The van der Waals surface area contributed by atoms with E-state index in [0.29, 0.717) is 0 Å². The van der Waals surface area contributed by atoms with Crippen LogP contribution in [0.2, 0.25) is 0 Å². The van der Waals surface area contributed by atoms with Crippen LogP contribution in [0.5, 0.6) is 0 Å². The molecule has 138 valence electrons. The molecule has 2 aliphatic rings. The first-order valence-electron chi connectivity index (χ1n) is 9.63. The van der Waals surface area contributed by atoms with Gasteiger partial charge in [0.05, 0.1) is 0 Å². The minimum absolute atomic E-state index is 0.149. The number of amides is 1. The van der Waals surface area contributed by atoms with E-state index in [1.807, 2.05) is 25.7 Å². The maximum absolute atomic E-state index is 12.1. The van der Waals surface area contributed by atoms with Crippen molar-refractivity contribution < 1.29 is 9.53 Å². The average molecular weight is 344 g/mol. The van der Waals surface area contributed by atoms with E-state index in [1.54, 1.807) is 0 Å². The van der Waals surface area contributed by atoms with Gasteiger partial charge in [-0.2, -0.15) is 0 Å². The second-order valence-electron chi connectivity index (χ2n) is 8.69. The summed E-state index contributed by atoms with van der Waals surface area (Å²) in [5.74, 6) is 1.60. The summed E-state index contributed by atoms with van der Waals surface area (Å²) in [6.45, 7) is 11.0. The third-order valence-corrected chi connectivity index (χ3v) is 5.21. The van der Waals surface area contributed by atoms with Gasteiger partial charge in [-0.3, -0.25) is 4.90 Å². The molecule has 0 spiro atoms. The van der Waals surface area contributed by atoms with Gasteiger partial charge in [-0.15, -0.1) is 0 Å². The van der Waals surface area contributed by atoms with Gasteiger partial charge in [-0.25, -0.2) is 4.79 Å². The van der Waals surface area contributed by atoms with Crippen molar-refractivity contribution in [1.29, 1.82) is 0 Å². The molecule has 0 radical (unpaired) electrons. The van der Waals surface area contributed by atoms with E-state index < -0.39 is 5.60 Å². The number of nitrogens with zero attached hydrogens (tertiary/aromatic N) is 2. The van der Waals surface area contributed by atoms with Crippen LogP contribution < -0.4 is 0 Å². The molecule has 3 rings (SSSR count). The number of carbonyl (C=O) groups is 1. The average Bonchev–Trinajstić information content (AvgIpc) is 2.53. The fraction of sp³-hybridized carbons (Fsp3) is 0.667. The molecule has 0 aliphatic carbocycles. The number of carbonyl (C=O) groups excluding carboxylic acids is 1. The smallest absolute Gasteiger partial charge is 0.410 e. The molecular weight excluding hydrogens is 312 g/mol. The van der Waals surface area contributed by atoms with Crippen LogP contribution in [-0.4, -0.2) is 47.7 Å². The monoisotopic (exact) mass is 344 g/mol. The SMILES string of the molecule is CC(C)(C)OC(=O)N1CCC(CC2CN(Cc3ccccc3)C2)CC1. The van der Waals surface area contributed by atoms with Crippen molar-refractivity contribution in [2.24, 2.45) is 11.8 Å². The van der Waals surface area contributed by atoms with Gasteiger partial charge < -0.3 is 9.64 Å². The number of ether oxygens (including phenoxy) is 1. The first-order chi connectivity index (χ1) is 11.9. The van der Waals surface area contributed by atoms with E-state index in [0.717, 1.165) is 44.3 Å². The highest BCUT2D eigenvalue weighted by Crippen LogP contribution is 2.30. The molecule has 0 unspecified atom stereocenters. The van der Waals surface area contributed by atoms with E-state index in [2.05, 4.69) is 35.2 Å². The number of benzene rings is 1. The summed E-state index contributed by atoms with van der Waals surface area (Å²) in [4.78, 5) is 16.5. The molecule has 2 fully saturated rings. The Bertz CT molecular complexity index is 553. The van der Waals surface area contributed by atoms with Crippen LogP contribution in [-0.2, 0) is 11.3 Å². The first kappa shape index (κ1) is 18.2. The summed E-state index contributed by atoms with van der Waals surface area (Å²) < 4.78 is 5.48. The second-order valence-corrected chi connectivity index (χ2v) is 8.69. The van der Waals surface area contributed by atoms with Crippen LogP contribution in [0.1, 0.15) is 45.6 Å². The fourth-order valence-corrected chi connectivity index (χ4v) is 3.95. The van der Waals surface area contributed by atoms with Crippen molar-refractivity contribution in [3.05, 3.63) is 35.9 Å². The summed E-state index contributed by atoms with van der Waals surface area (Å²) in [6.07, 6.45) is 3.40. The molecule has 25 heavy (non-hydrogen) atoms. The van der Waals surface area contributed by atoms with Gasteiger partial charge >= 0.3 is 6.09 Å². The Balaban J connectivity index is 1.33. The van der Waals surface area contributed by atoms with E-state index in [-0.39, 0.29) is 6.09 Å². The van der Waals surface area contributed by atoms with Gasteiger partial charge in [0.15, 0.2) is 0 Å². The largest absolute Gasteiger partial charge is 0.444 e. The highest BCUT2D eigenvalue weighted by atomic mass is 16.6. The summed E-state index contributed by atoms with van der Waals surface area (Å²) >= 11 is 0. The zero-order valence-corrected chi connectivity index (χ0v) is 15.9. The molecule has 4 nitrogen and oxygen atoms in total. The molecule has 4 heteroatoms. The third kappa shape index (κ3) is 5.46. The second kappa shape index (κ2) is 7.77. The number of piperidine rings is 1. The highest BCUT2D eigenvalue weighted by Gasteiger charge is 2.32. The van der Waals surface area contributed by atoms with Crippen molar-refractivity contribution in [2.75, 3.05) is 26.2 Å². The lowest BCUT2D eigenvalue weighted by molar-refractivity contribution is 0.0143. The van der Waals surface area contributed by atoms with Crippen molar-refractivity contribution in [2.45, 2.75) is 52.2 Å². The molecule has 1 aromatic rings. The van der Waals surface area contributed by atoms with Gasteiger partial charge in [-0.05, 0) is 57.4 Å². The van der Waals surface area contributed by atoms with Crippen molar-refractivity contribution >= 4 is 6.09 Å². The summed E-state index contributed by atoms with van der Waals surface area (Å²) in [7, 11) is 0. The van der Waals surface area contributed by atoms with E-state index in [4.69, 9.17) is 4.74 Å². The molecule has 0 aromatic heterocycles. The zero-order valence-electron chi connectivity index (χ0n) is 15.9. The predicted molar refractivity (Wildman–Crippen MR) is 100 cm³/mol. The van der Waals surface area contributed by atoms with E-state index >= 15 is 0 Å². The summed E-state index contributed by atoms with van der Waals surface area (Å²) in [5, 5.41) is 0. The topological polar surface area (TPSA) is 32.8 Å². The van der Waals surface area contributed by atoms with E-state index in [9.17, 15) is 4.79 Å². The molecule has 0 atom stereocenters. The van der Waals surface area contributed by atoms with Crippen LogP contribution in [0.3, 0.4) is 0 Å². The highest BCUT2D eigenvalue weighted by molar-refractivity contribution is 5.68. The van der Waals surface area contributed by atoms with Crippen LogP contribution in [0.4, 0.5) is 4.79 Å². The standard InChI is InChI=1S/C21H32N2O2/c1-21(2,3)25-20(24)23-11-9-17(10-12-23)13-19-15-22(16-19)14-18-7-5-4-6-8-18/h4-8,17,19H,9-16H2,1-3H3. The summed E-state index contributed by atoms with van der Waals surface area (Å²) in [5.41, 5.74) is 1.01. The first-order valence-corrected chi connectivity index (χ1v) is 9.63. The number of hydrogen-bond donors (Lipinski definition) is 0. The molecule has 2 saturated heterocycles. The zero-order chi connectivity index (χ0) is 17.9. The van der Waals surface area contributed by atoms with Gasteiger partial charge in [0.25, 0.3) is 0 Å². The van der Waals surface area contributed by atoms with Crippen molar-refractivity contribution in [3.63, 3.8) is 0 Å². The maximum Gasteiger partial charge on any atom is 0.410 e. The van der Waals surface area contributed by atoms with Gasteiger partial charge in [-0.1, -0.05) is 30.3 Å². The van der Waals surface area contributed by atoms with Gasteiger partial charge in [0.2, 0.25) is 0 Å². The van der Waals surface area contributed by atoms with Crippen molar-refractivity contribution in [1.82, 2.24) is 9.80 Å². The molecule has 2 heterocycles. The maximum atomic E-state index is 12.1. The Morgan fingerprint density at radius 1 is 1.08 bits per heavy atom. The Morgan fingerprint density at radius 2 is 1.72 bits per heavy atom. The van der Waals surface area contributed by atoms with Crippen LogP contribution in [0.15, 0.2) is 30.3 Å². The third-order valence-electron chi connectivity index (χ3n) is 5.21. The Hall–Kier alpha value is -1.55. The molecule has 0 saturated carbocycles. The lowest BCUT2D eigenvalue weighted by Gasteiger charge is -2.42. The Labute approximate surface area is 152 Å². The van der Waals surface area contributed by atoms with Crippen LogP contribution in [0, 0.1) is 11.8 Å². The number of hydrogen-bond acceptors (Lipinski definition) is 3. The minimum atomic E-state index is -0.401. The lowest BCUT2D eigenvalue weighted by atomic mass is 9.83. The van der Waals surface area contributed by atoms with Gasteiger partial charge in [0.1, 0.15) is 5.60 Å². The predicted octanol–water partition coefficient (Wildman–Crippen LogP) is 4.16. The number of rotatable bonds is 4. The molecule has 1 aromatic carbocycles. The summed E-state index contributed by atoms with van der Waals surface area (Å²) in [6, 6.07) is 10.7. The molecule has 0 N–H and O–H groups in total. The molecule has 1 amide bonds. The van der Waals surface area contributed by atoms with Crippen LogP contribution in [0.25, 0.3) is 0 Å². The Morgan fingerprint density at radius 3 is 2.32 bits per heavy atom. The molecule has 2 aliphatic heterocycles.